The number of likely N-dealkylation sites (tertiary alicyclic amines) is 1. The van der Waals surface area contributed by atoms with Crippen molar-refractivity contribution in [2.24, 2.45) is 0 Å². The van der Waals surface area contributed by atoms with Crippen molar-refractivity contribution in [2.75, 3.05) is 39.1 Å². The maximum absolute atomic E-state index is 12.6. The van der Waals surface area contributed by atoms with Crippen LogP contribution in [0.3, 0.4) is 0 Å². The lowest BCUT2D eigenvalue weighted by Crippen LogP contribution is -2.57. The van der Waals surface area contributed by atoms with Crippen LogP contribution in [0.4, 0.5) is 4.79 Å². The van der Waals surface area contributed by atoms with E-state index in [1.54, 1.807) is 16.9 Å². The van der Waals surface area contributed by atoms with Crippen LogP contribution in [0.2, 0.25) is 0 Å². The molecule has 142 valence electrons. The van der Waals surface area contributed by atoms with Gasteiger partial charge in [-0.15, -0.1) is 0 Å². The molecule has 1 unspecified atom stereocenters. The van der Waals surface area contributed by atoms with Crippen LogP contribution in [0.5, 0.6) is 0 Å². The molecule has 0 bridgehead atoms. The minimum atomic E-state index is -1.23. The minimum Gasteiger partial charge on any atom is -0.383 e. The Kier molecular flexibility index (Phi) is 5.93. The molecule has 2 fully saturated rings. The number of ether oxygens (including phenoxy) is 1. The number of amides is 3. The molecule has 2 saturated heterocycles. The van der Waals surface area contributed by atoms with E-state index in [9.17, 15) is 13.8 Å². The third kappa shape index (κ3) is 3.76. The first-order valence-electron chi connectivity index (χ1n) is 8.81. The van der Waals surface area contributed by atoms with Crippen LogP contribution in [0, 0.1) is 0 Å². The number of methoxy groups -OCH3 is 1. The van der Waals surface area contributed by atoms with E-state index in [0.29, 0.717) is 45.6 Å². The van der Waals surface area contributed by atoms with Gasteiger partial charge in [0.15, 0.2) is 0 Å². The second-order valence-corrected chi connectivity index (χ2v) is 8.35. The molecule has 0 aliphatic carbocycles. The third-order valence-corrected chi connectivity index (χ3v) is 7.09. The van der Waals surface area contributed by atoms with Crippen molar-refractivity contribution in [3.63, 3.8) is 0 Å². The summed E-state index contributed by atoms with van der Waals surface area (Å²) in [6, 6.07) is 9.62. The first kappa shape index (κ1) is 18.8. The molecule has 0 radical (unpaired) electrons. The van der Waals surface area contributed by atoms with Crippen molar-refractivity contribution < 1.29 is 18.5 Å². The fourth-order valence-electron chi connectivity index (χ4n) is 3.63. The van der Waals surface area contributed by atoms with Crippen molar-refractivity contribution in [1.29, 1.82) is 0 Å². The number of nitrogens with one attached hydrogen (secondary N) is 1. The van der Waals surface area contributed by atoms with Crippen molar-refractivity contribution in [3.8, 4) is 0 Å². The summed E-state index contributed by atoms with van der Waals surface area (Å²) >= 11 is 0. The fourth-order valence-corrected chi connectivity index (χ4v) is 5.35. The van der Waals surface area contributed by atoms with E-state index in [1.807, 2.05) is 30.3 Å². The number of nitrogens with zero attached hydrogens (tertiary/aromatic N) is 2. The quantitative estimate of drug-likeness (QED) is 0.825. The number of rotatable bonds is 5. The minimum absolute atomic E-state index is 0.0733. The SMILES string of the molecule is COCCN1C(=O)CS(=O)C12CCN(C(=O)NCc1ccccc1)CC2. The molecular weight excluding hydrogens is 354 g/mol. The first-order valence-corrected chi connectivity index (χ1v) is 10.1. The zero-order valence-corrected chi connectivity index (χ0v) is 15.8. The Bertz CT molecular complexity index is 674. The molecule has 0 aromatic heterocycles. The molecule has 3 rings (SSSR count). The molecule has 2 aliphatic rings. The van der Waals surface area contributed by atoms with Gasteiger partial charge in [0, 0.05) is 46.1 Å². The average Bonchev–Trinajstić information content (AvgIpc) is 2.89. The second-order valence-electron chi connectivity index (χ2n) is 6.61. The Hall–Kier alpha value is -1.93. The van der Waals surface area contributed by atoms with Gasteiger partial charge in [-0.25, -0.2) is 4.79 Å². The summed E-state index contributed by atoms with van der Waals surface area (Å²) in [5.74, 6) is -0.00781. The van der Waals surface area contributed by atoms with Crippen LogP contribution < -0.4 is 5.32 Å². The van der Waals surface area contributed by atoms with Gasteiger partial charge in [0.25, 0.3) is 0 Å². The Morgan fingerprint density at radius 1 is 1.27 bits per heavy atom. The zero-order chi connectivity index (χ0) is 18.6. The van der Waals surface area contributed by atoms with Crippen LogP contribution in [0.25, 0.3) is 0 Å². The average molecular weight is 379 g/mol. The van der Waals surface area contributed by atoms with E-state index < -0.39 is 15.7 Å². The highest BCUT2D eigenvalue weighted by molar-refractivity contribution is 7.87. The molecule has 7 nitrogen and oxygen atoms in total. The van der Waals surface area contributed by atoms with Gasteiger partial charge in [-0.2, -0.15) is 0 Å². The molecule has 0 saturated carbocycles. The van der Waals surface area contributed by atoms with Crippen molar-refractivity contribution in [2.45, 2.75) is 24.3 Å². The summed E-state index contributed by atoms with van der Waals surface area (Å²) in [5, 5.41) is 2.92. The maximum Gasteiger partial charge on any atom is 0.317 e. The number of hydrogen-bond donors (Lipinski definition) is 1. The lowest BCUT2D eigenvalue weighted by atomic mass is 10.0. The summed E-state index contributed by atoms with van der Waals surface area (Å²) in [4.78, 5) is 27.4. The van der Waals surface area contributed by atoms with Gasteiger partial charge >= 0.3 is 6.03 Å². The third-order valence-electron chi connectivity index (χ3n) is 5.11. The van der Waals surface area contributed by atoms with E-state index in [1.165, 1.54) is 0 Å². The Labute approximate surface area is 156 Å². The number of urea groups is 1. The molecule has 3 amide bonds. The standard InChI is InChI=1S/C18H25N3O4S/c1-25-12-11-21-16(22)14-26(24)18(21)7-9-20(10-8-18)17(23)19-13-15-5-3-2-4-6-15/h2-6H,7-14H2,1H3,(H,19,23). The van der Waals surface area contributed by atoms with Gasteiger partial charge in [0.05, 0.1) is 17.4 Å². The molecule has 1 atom stereocenters. The Balaban J connectivity index is 1.58. The smallest absolute Gasteiger partial charge is 0.317 e. The van der Waals surface area contributed by atoms with Crippen LogP contribution in [0.1, 0.15) is 18.4 Å². The topological polar surface area (TPSA) is 79.0 Å². The summed E-state index contributed by atoms with van der Waals surface area (Å²) in [5.41, 5.74) is 1.04. The molecule has 1 spiro atoms. The predicted molar refractivity (Wildman–Crippen MR) is 98.8 cm³/mol. The van der Waals surface area contributed by atoms with Crippen molar-refractivity contribution in [3.05, 3.63) is 35.9 Å². The molecule has 8 heteroatoms. The fraction of sp³-hybridized carbons (Fsp3) is 0.556. The lowest BCUT2D eigenvalue weighted by molar-refractivity contribution is -0.131. The monoisotopic (exact) mass is 379 g/mol. The highest BCUT2D eigenvalue weighted by Gasteiger charge is 2.52. The largest absolute Gasteiger partial charge is 0.383 e. The molecular formula is C18H25N3O4S. The second kappa shape index (κ2) is 8.18. The summed E-state index contributed by atoms with van der Waals surface area (Å²) in [6.07, 6.45) is 1.07. The number of benzene rings is 1. The normalized spacial score (nSPS) is 22.0. The van der Waals surface area contributed by atoms with E-state index in [2.05, 4.69) is 5.32 Å². The van der Waals surface area contributed by atoms with Crippen LogP contribution >= 0.6 is 0 Å². The van der Waals surface area contributed by atoms with Crippen LogP contribution in [-0.2, 0) is 26.9 Å². The van der Waals surface area contributed by atoms with Gasteiger partial charge in [-0.05, 0) is 5.56 Å². The van der Waals surface area contributed by atoms with Crippen LogP contribution in [0.15, 0.2) is 30.3 Å². The molecule has 26 heavy (non-hydrogen) atoms. The van der Waals surface area contributed by atoms with E-state index in [-0.39, 0.29) is 17.7 Å². The number of piperidine rings is 1. The maximum atomic E-state index is 12.6. The summed E-state index contributed by atoms with van der Waals surface area (Å²) < 4.78 is 17.7. The number of carbonyl (C=O) groups excluding carboxylic acids is 2. The molecule has 1 aromatic carbocycles. The lowest BCUT2D eigenvalue weighted by Gasteiger charge is -2.43. The van der Waals surface area contributed by atoms with Gasteiger partial charge in [-0.1, -0.05) is 30.3 Å². The Morgan fingerprint density at radius 2 is 1.96 bits per heavy atom. The van der Waals surface area contributed by atoms with Crippen molar-refractivity contribution in [1.82, 2.24) is 15.1 Å². The predicted octanol–water partition coefficient (Wildman–Crippen LogP) is 0.926. The van der Waals surface area contributed by atoms with E-state index in [0.717, 1.165) is 5.56 Å². The molecule has 1 aromatic rings. The van der Waals surface area contributed by atoms with Crippen LogP contribution in [-0.4, -0.2) is 69.9 Å². The van der Waals surface area contributed by atoms with Gasteiger partial charge in [0.2, 0.25) is 5.91 Å². The summed E-state index contributed by atoms with van der Waals surface area (Å²) in [7, 11) is 0.356. The zero-order valence-electron chi connectivity index (χ0n) is 15.0. The van der Waals surface area contributed by atoms with Gasteiger partial charge < -0.3 is 19.9 Å². The number of carbonyl (C=O) groups is 2. The van der Waals surface area contributed by atoms with Gasteiger partial charge in [-0.3, -0.25) is 9.00 Å². The van der Waals surface area contributed by atoms with E-state index in [4.69, 9.17) is 4.74 Å². The van der Waals surface area contributed by atoms with E-state index >= 15 is 0 Å². The highest BCUT2D eigenvalue weighted by atomic mass is 32.2. The molecule has 2 heterocycles. The first-order chi connectivity index (χ1) is 12.6. The van der Waals surface area contributed by atoms with Crippen molar-refractivity contribution >= 4 is 22.7 Å². The Morgan fingerprint density at radius 3 is 2.62 bits per heavy atom. The van der Waals surface area contributed by atoms with Gasteiger partial charge in [0.1, 0.15) is 10.6 Å². The highest BCUT2D eigenvalue weighted by Crippen LogP contribution is 2.37. The molecule has 1 N–H and O–H groups in total. The summed E-state index contributed by atoms with van der Waals surface area (Å²) in [6.45, 7) is 2.32. The number of hydrogen-bond acceptors (Lipinski definition) is 4. The molecule has 2 aliphatic heterocycles.